The van der Waals surface area contributed by atoms with Crippen LogP contribution in [0.3, 0.4) is 0 Å². The Bertz CT molecular complexity index is 1450. The molecular weight excluding hydrogens is 522 g/mol. The maximum absolute atomic E-state index is 14.1. The van der Waals surface area contributed by atoms with E-state index in [1.807, 2.05) is 51.1 Å². The van der Waals surface area contributed by atoms with E-state index in [1.54, 1.807) is 49.4 Å². The first-order valence-electron chi connectivity index (χ1n) is 13.9. The van der Waals surface area contributed by atoms with Gasteiger partial charge in [-0.1, -0.05) is 66.9 Å². The van der Waals surface area contributed by atoms with Gasteiger partial charge in [-0.25, -0.2) is 8.42 Å². The van der Waals surface area contributed by atoms with Crippen LogP contribution in [0.25, 0.3) is 0 Å². The van der Waals surface area contributed by atoms with E-state index in [1.165, 1.54) is 4.90 Å². The smallest absolute Gasteiger partial charge is 0.264 e. The van der Waals surface area contributed by atoms with E-state index < -0.39 is 28.5 Å². The van der Waals surface area contributed by atoms with E-state index in [0.29, 0.717) is 5.69 Å². The minimum Gasteiger partial charge on any atom is -0.352 e. The van der Waals surface area contributed by atoms with Crippen molar-refractivity contribution in [3.8, 4) is 0 Å². The fourth-order valence-corrected chi connectivity index (χ4v) is 6.50. The van der Waals surface area contributed by atoms with Crippen LogP contribution in [0, 0.1) is 20.8 Å². The molecule has 3 aromatic carbocycles. The highest BCUT2D eigenvalue weighted by molar-refractivity contribution is 7.92. The third-order valence-electron chi connectivity index (χ3n) is 7.65. The minimum absolute atomic E-state index is 0.102. The van der Waals surface area contributed by atoms with E-state index >= 15 is 0 Å². The van der Waals surface area contributed by atoms with Gasteiger partial charge in [-0.05, 0) is 81.5 Å². The van der Waals surface area contributed by atoms with Crippen molar-refractivity contribution in [3.63, 3.8) is 0 Å². The molecule has 3 aromatic rings. The zero-order chi connectivity index (χ0) is 28.9. The van der Waals surface area contributed by atoms with E-state index in [2.05, 4.69) is 5.32 Å². The standard InChI is InChI=1S/C32H39N3O4S/c1-23-16-18-30(19-17-23)40(38,39)35(29-15-9-10-24(2)20-29)22-31(36)34(21-27-12-6-5-11-25(27)3)26(4)32(37)33-28-13-7-8-14-28/h5-6,9-12,15-20,26,28H,7-8,13-14,21-22H2,1-4H3,(H,33,37)/t26-/m0/s1. The second-order valence-electron chi connectivity index (χ2n) is 10.8. The highest BCUT2D eigenvalue weighted by Gasteiger charge is 2.33. The Morgan fingerprint density at radius 1 is 0.900 bits per heavy atom. The van der Waals surface area contributed by atoms with Crippen LogP contribution in [0.15, 0.2) is 77.7 Å². The van der Waals surface area contributed by atoms with Crippen LogP contribution >= 0.6 is 0 Å². The van der Waals surface area contributed by atoms with Crippen molar-refractivity contribution in [1.82, 2.24) is 10.2 Å². The molecule has 0 unspecified atom stereocenters. The summed E-state index contributed by atoms with van der Waals surface area (Å²) < 4.78 is 29.0. The lowest BCUT2D eigenvalue weighted by atomic mass is 10.1. The van der Waals surface area contributed by atoms with Crippen molar-refractivity contribution >= 4 is 27.5 Å². The maximum atomic E-state index is 14.1. The molecule has 8 heteroatoms. The minimum atomic E-state index is -4.08. The van der Waals surface area contributed by atoms with E-state index in [4.69, 9.17) is 0 Å². The monoisotopic (exact) mass is 561 g/mol. The summed E-state index contributed by atoms with van der Waals surface area (Å²) >= 11 is 0. The number of hydrogen-bond donors (Lipinski definition) is 1. The molecule has 7 nitrogen and oxygen atoms in total. The van der Waals surface area contributed by atoms with E-state index in [-0.39, 0.29) is 23.4 Å². The second-order valence-corrected chi connectivity index (χ2v) is 12.6. The van der Waals surface area contributed by atoms with Crippen LogP contribution in [0.5, 0.6) is 0 Å². The van der Waals surface area contributed by atoms with Crippen molar-refractivity contribution in [2.75, 3.05) is 10.8 Å². The SMILES string of the molecule is Cc1ccc(S(=O)(=O)N(CC(=O)N(Cc2ccccc2C)[C@@H](C)C(=O)NC2CCCC2)c2cccc(C)c2)cc1. The van der Waals surface area contributed by atoms with Crippen LogP contribution in [0.4, 0.5) is 5.69 Å². The molecule has 1 aliphatic rings. The number of carbonyl (C=O) groups excluding carboxylic acids is 2. The van der Waals surface area contributed by atoms with Gasteiger partial charge >= 0.3 is 0 Å². The first-order chi connectivity index (χ1) is 19.1. The molecule has 0 saturated heterocycles. The third kappa shape index (κ3) is 6.91. The van der Waals surface area contributed by atoms with Crippen molar-refractivity contribution in [2.24, 2.45) is 0 Å². The van der Waals surface area contributed by atoms with Gasteiger partial charge in [0.1, 0.15) is 12.6 Å². The third-order valence-corrected chi connectivity index (χ3v) is 9.44. The van der Waals surface area contributed by atoms with Gasteiger partial charge in [-0.2, -0.15) is 0 Å². The van der Waals surface area contributed by atoms with Crippen molar-refractivity contribution in [2.45, 2.75) is 76.9 Å². The number of benzene rings is 3. The van der Waals surface area contributed by atoms with Gasteiger partial charge in [-0.3, -0.25) is 13.9 Å². The van der Waals surface area contributed by atoms with Crippen molar-refractivity contribution in [3.05, 3.63) is 95.1 Å². The number of anilines is 1. The van der Waals surface area contributed by atoms with Gasteiger partial charge in [0.05, 0.1) is 10.6 Å². The molecule has 0 radical (unpaired) electrons. The Labute approximate surface area is 238 Å². The van der Waals surface area contributed by atoms with E-state index in [0.717, 1.165) is 52.2 Å². The molecule has 1 aliphatic carbocycles. The van der Waals surface area contributed by atoms with Crippen LogP contribution in [0.2, 0.25) is 0 Å². The summed E-state index contributed by atoms with van der Waals surface area (Å²) in [5.41, 5.74) is 4.10. The molecule has 1 N–H and O–H groups in total. The number of carbonyl (C=O) groups is 2. The van der Waals surface area contributed by atoms with E-state index in [9.17, 15) is 18.0 Å². The number of amides is 2. The average molecular weight is 562 g/mol. The van der Waals surface area contributed by atoms with Crippen LogP contribution in [-0.2, 0) is 26.2 Å². The molecule has 40 heavy (non-hydrogen) atoms. The Balaban J connectivity index is 1.69. The van der Waals surface area contributed by atoms with Crippen LogP contribution in [-0.4, -0.2) is 43.8 Å². The quantitative estimate of drug-likeness (QED) is 0.365. The first kappa shape index (κ1) is 29.3. The predicted octanol–water partition coefficient (Wildman–Crippen LogP) is 5.28. The molecule has 0 aliphatic heterocycles. The fraction of sp³-hybridized carbons (Fsp3) is 0.375. The lowest BCUT2D eigenvalue weighted by molar-refractivity contribution is -0.139. The lowest BCUT2D eigenvalue weighted by Gasteiger charge is -2.33. The molecule has 0 bridgehead atoms. The molecule has 0 aromatic heterocycles. The van der Waals surface area contributed by atoms with Gasteiger partial charge in [0, 0.05) is 12.6 Å². The Hall–Kier alpha value is -3.65. The summed E-state index contributed by atoms with van der Waals surface area (Å²) in [6.45, 7) is 7.19. The first-order valence-corrected chi connectivity index (χ1v) is 15.3. The van der Waals surface area contributed by atoms with Crippen LogP contribution < -0.4 is 9.62 Å². The summed E-state index contributed by atoms with van der Waals surface area (Å²) in [5, 5.41) is 3.10. The topological polar surface area (TPSA) is 86.8 Å². The Morgan fingerprint density at radius 3 is 2.23 bits per heavy atom. The number of nitrogens with zero attached hydrogens (tertiary/aromatic N) is 2. The molecule has 2 amide bonds. The van der Waals surface area contributed by atoms with Crippen LogP contribution in [0.1, 0.15) is 54.9 Å². The molecular formula is C32H39N3O4S. The fourth-order valence-electron chi connectivity index (χ4n) is 5.09. The van der Waals surface area contributed by atoms with Gasteiger partial charge in [0.15, 0.2) is 0 Å². The second kappa shape index (κ2) is 12.7. The summed E-state index contributed by atoms with van der Waals surface area (Å²) in [7, 11) is -4.08. The predicted molar refractivity (Wildman–Crippen MR) is 158 cm³/mol. The van der Waals surface area contributed by atoms with Gasteiger partial charge in [0.25, 0.3) is 10.0 Å². The molecule has 0 heterocycles. The molecule has 212 valence electrons. The Morgan fingerprint density at radius 2 is 1.57 bits per heavy atom. The molecule has 4 rings (SSSR count). The normalized spacial score (nSPS) is 14.5. The zero-order valence-electron chi connectivity index (χ0n) is 23.8. The molecule has 1 fully saturated rings. The number of aryl methyl sites for hydroxylation is 3. The number of rotatable bonds is 10. The summed E-state index contributed by atoms with van der Waals surface area (Å²) in [5.74, 6) is -0.674. The molecule has 0 spiro atoms. The Kier molecular flexibility index (Phi) is 9.30. The highest BCUT2D eigenvalue weighted by Crippen LogP contribution is 2.26. The van der Waals surface area contributed by atoms with Gasteiger partial charge < -0.3 is 10.2 Å². The number of nitrogens with one attached hydrogen (secondary N) is 1. The average Bonchev–Trinajstić information content (AvgIpc) is 3.44. The zero-order valence-corrected chi connectivity index (χ0v) is 24.6. The maximum Gasteiger partial charge on any atom is 0.264 e. The summed E-state index contributed by atoms with van der Waals surface area (Å²) in [4.78, 5) is 29.0. The number of hydrogen-bond acceptors (Lipinski definition) is 4. The molecule has 1 atom stereocenters. The largest absolute Gasteiger partial charge is 0.352 e. The number of sulfonamides is 1. The summed E-state index contributed by atoms with van der Waals surface area (Å²) in [6, 6.07) is 20.7. The van der Waals surface area contributed by atoms with Gasteiger partial charge in [0.2, 0.25) is 11.8 Å². The van der Waals surface area contributed by atoms with Gasteiger partial charge in [-0.15, -0.1) is 0 Å². The summed E-state index contributed by atoms with van der Waals surface area (Å²) in [6.07, 6.45) is 4.02. The highest BCUT2D eigenvalue weighted by atomic mass is 32.2. The molecule has 1 saturated carbocycles. The lowest BCUT2D eigenvalue weighted by Crippen LogP contribution is -2.52. The van der Waals surface area contributed by atoms with Crippen molar-refractivity contribution in [1.29, 1.82) is 0 Å². The van der Waals surface area contributed by atoms with Crippen molar-refractivity contribution < 1.29 is 18.0 Å².